The van der Waals surface area contributed by atoms with Gasteiger partial charge in [-0.2, -0.15) is 0 Å². The van der Waals surface area contributed by atoms with Gasteiger partial charge in [0.2, 0.25) is 0 Å². The molecule has 2 rings (SSSR count). The molecule has 0 aliphatic rings. The second-order valence-corrected chi connectivity index (χ2v) is 4.91. The van der Waals surface area contributed by atoms with E-state index < -0.39 is 11.6 Å². The summed E-state index contributed by atoms with van der Waals surface area (Å²) in [7, 11) is 0. The van der Waals surface area contributed by atoms with Crippen molar-refractivity contribution in [3.63, 3.8) is 0 Å². The van der Waals surface area contributed by atoms with Gasteiger partial charge in [-0.05, 0) is 26.0 Å². The maximum Gasteiger partial charge on any atom is 0.136 e. The van der Waals surface area contributed by atoms with E-state index in [0.717, 1.165) is 16.6 Å². The quantitative estimate of drug-likeness (QED) is 0.891. The Morgan fingerprint density at radius 1 is 1.35 bits per heavy atom. The molecule has 0 aliphatic carbocycles. The van der Waals surface area contributed by atoms with E-state index in [4.69, 9.17) is 5.73 Å². The first-order valence-electron chi connectivity index (χ1n) is 5.17. The molecule has 0 saturated carbocycles. The van der Waals surface area contributed by atoms with Crippen molar-refractivity contribution in [2.45, 2.75) is 19.9 Å². The van der Waals surface area contributed by atoms with Crippen molar-refractivity contribution in [3.8, 4) is 10.6 Å². The van der Waals surface area contributed by atoms with Crippen LogP contribution in [0.5, 0.6) is 0 Å². The Morgan fingerprint density at radius 2 is 2.06 bits per heavy atom. The molecule has 90 valence electrons. The van der Waals surface area contributed by atoms with Crippen LogP contribution < -0.4 is 5.73 Å². The SMILES string of the molecule is Cc1nc(-c2ccc(F)cc2F)sc1C(C)N. The van der Waals surface area contributed by atoms with Crippen LogP contribution in [0.1, 0.15) is 23.5 Å². The Hall–Kier alpha value is -1.33. The van der Waals surface area contributed by atoms with E-state index in [9.17, 15) is 8.78 Å². The zero-order valence-corrected chi connectivity index (χ0v) is 10.3. The summed E-state index contributed by atoms with van der Waals surface area (Å²) in [6.45, 7) is 3.69. The normalized spacial score (nSPS) is 12.8. The van der Waals surface area contributed by atoms with Gasteiger partial charge < -0.3 is 5.73 Å². The predicted molar refractivity (Wildman–Crippen MR) is 64.8 cm³/mol. The third-order valence-corrected chi connectivity index (χ3v) is 3.80. The van der Waals surface area contributed by atoms with Crippen LogP contribution in [-0.2, 0) is 0 Å². The highest BCUT2D eigenvalue weighted by atomic mass is 32.1. The summed E-state index contributed by atoms with van der Waals surface area (Å²) in [4.78, 5) is 5.19. The molecule has 2 N–H and O–H groups in total. The maximum atomic E-state index is 13.6. The molecule has 0 amide bonds. The van der Waals surface area contributed by atoms with Crippen molar-refractivity contribution in [2.24, 2.45) is 5.73 Å². The number of thiazole rings is 1. The molecule has 1 aromatic carbocycles. The van der Waals surface area contributed by atoms with E-state index in [2.05, 4.69) is 4.98 Å². The number of hydrogen-bond acceptors (Lipinski definition) is 3. The number of nitrogens with two attached hydrogens (primary N) is 1. The fraction of sp³-hybridized carbons (Fsp3) is 0.250. The van der Waals surface area contributed by atoms with Gasteiger partial charge in [-0.3, -0.25) is 0 Å². The minimum atomic E-state index is -0.602. The minimum Gasteiger partial charge on any atom is -0.323 e. The average Bonchev–Trinajstić information content (AvgIpc) is 2.60. The summed E-state index contributed by atoms with van der Waals surface area (Å²) in [5.74, 6) is -1.19. The van der Waals surface area contributed by atoms with Crippen LogP contribution >= 0.6 is 11.3 Å². The summed E-state index contributed by atoms with van der Waals surface area (Å²) >= 11 is 1.34. The Balaban J connectivity index is 2.50. The van der Waals surface area contributed by atoms with Gasteiger partial charge in [0.05, 0.1) is 5.69 Å². The van der Waals surface area contributed by atoms with Crippen LogP contribution in [0.3, 0.4) is 0 Å². The van der Waals surface area contributed by atoms with Gasteiger partial charge in [-0.25, -0.2) is 13.8 Å². The number of benzene rings is 1. The number of rotatable bonds is 2. The molecule has 2 nitrogen and oxygen atoms in total. The standard InChI is InChI=1S/C12H12F2N2S/c1-6(15)11-7(2)16-12(17-11)9-4-3-8(13)5-10(9)14/h3-6H,15H2,1-2H3. The van der Waals surface area contributed by atoms with Crippen molar-refractivity contribution in [1.82, 2.24) is 4.98 Å². The zero-order valence-electron chi connectivity index (χ0n) is 9.50. The number of aryl methyl sites for hydroxylation is 1. The van der Waals surface area contributed by atoms with Gasteiger partial charge in [0.15, 0.2) is 0 Å². The fourth-order valence-corrected chi connectivity index (χ4v) is 2.65. The van der Waals surface area contributed by atoms with Crippen LogP contribution in [0.25, 0.3) is 10.6 Å². The van der Waals surface area contributed by atoms with Crippen molar-refractivity contribution in [2.75, 3.05) is 0 Å². The predicted octanol–water partition coefficient (Wildman–Crippen LogP) is 3.42. The molecule has 5 heteroatoms. The topological polar surface area (TPSA) is 38.9 Å². The van der Waals surface area contributed by atoms with Gasteiger partial charge in [0.25, 0.3) is 0 Å². The van der Waals surface area contributed by atoms with Gasteiger partial charge >= 0.3 is 0 Å². The monoisotopic (exact) mass is 254 g/mol. The van der Waals surface area contributed by atoms with E-state index in [-0.39, 0.29) is 6.04 Å². The largest absolute Gasteiger partial charge is 0.323 e. The number of hydrogen-bond donors (Lipinski definition) is 1. The lowest BCUT2D eigenvalue weighted by molar-refractivity contribution is 0.585. The first kappa shape index (κ1) is 12.1. The van der Waals surface area contributed by atoms with Gasteiger partial charge in [0.1, 0.15) is 16.6 Å². The zero-order chi connectivity index (χ0) is 12.6. The molecule has 1 aromatic heterocycles. The lowest BCUT2D eigenvalue weighted by Crippen LogP contribution is -2.03. The molecule has 0 aliphatic heterocycles. The van der Waals surface area contributed by atoms with Gasteiger partial charge in [-0.1, -0.05) is 0 Å². The summed E-state index contributed by atoms with van der Waals surface area (Å²) in [6.07, 6.45) is 0. The highest BCUT2D eigenvalue weighted by Crippen LogP contribution is 2.32. The molecule has 1 heterocycles. The molecule has 2 aromatic rings. The number of nitrogens with zero attached hydrogens (tertiary/aromatic N) is 1. The summed E-state index contributed by atoms with van der Waals surface area (Å²) < 4.78 is 26.4. The van der Waals surface area contributed by atoms with E-state index in [1.807, 2.05) is 13.8 Å². The average molecular weight is 254 g/mol. The van der Waals surface area contributed by atoms with Gasteiger partial charge in [-0.15, -0.1) is 11.3 Å². The molecule has 0 bridgehead atoms. The molecule has 0 spiro atoms. The number of aromatic nitrogens is 1. The molecule has 0 fully saturated rings. The van der Waals surface area contributed by atoms with Crippen LogP contribution in [0.15, 0.2) is 18.2 Å². The second-order valence-electron chi connectivity index (χ2n) is 3.88. The molecule has 1 unspecified atom stereocenters. The fourth-order valence-electron chi connectivity index (χ4n) is 1.61. The summed E-state index contributed by atoms with van der Waals surface area (Å²) in [5, 5.41) is 0.535. The maximum absolute atomic E-state index is 13.6. The van der Waals surface area contributed by atoms with E-state index >= 15 is 0 Å². The molecular formula is C12H12F2N2S. The summed E-state index contributed by atoms with van der Waals surface area (Å²) in [5.41, 5.74) is 6.89. The first-order valence-corrected chi connectivity index (χ1v) is 5.99. The van der Waals surface area contributed by atoms with Crippen molar-refractivity contribution < 1.29 is 8.78 Å². The lowest BCUT2D eigenvalue weighted by atomic mass is 10.2. The van der Waals surface area contributed by atoms with Crippen molar-refractivity contribution >= 4 is 11.3 Å². The first-order chi connectivity index (χ1) is 7.99. The Labute approximate surface area is 102 Å². The van der Waals surface area contributed by atoms with E-state index in [1.54, 1.807) is 0 Å². The van der Waals surface area contributed by atoms with Crippen LogP contribution in [-0.4, -0.2) is 4.98 Å². The smallest absolute Gasteiger partial charge is 0.136 e. The van der Waals surface area contributed by atoms with Gasteiger partial charge in [0, 0.05) is 22.5 Å². The molecule has 0 radical (unpaired) electrons. The highest BCUT2D eigenvalue weighted by molar-refractivity contribution is 7.15. The van der Waals surface area contributed by atoms with Crippen LogP contribution in [0.4, 0.5) is 8.78 Å². The Morgan fingerprint density at radius 3 is 2.59 bits per heavy atom. The van der Waals surface area contributed by atoms with E-state index in [1.165, 1.54) is 23.5 Å². The minimum absolute atomic E-state index is 0.134. The van der Waals surface area contributed by atoms with Crippen molar-refractivity contribution in [3.05, 3.63) is 40.4 Å². The molecule has 0 saturated heterocycles. The third kappa shape index (κ3) is 2.35. The van der Waals surface area contributed by atoms with E-state index in [0.29, 0.717) is 10.6 Å². The highest BCUT2D eigenvalue weighted by Gasteiger charge is 2.15. The lowest BCUT2D eigenvalue weighted by Gasteiger charge is -2.00. The molecule has 1 atom stereocenters. The Bertz CT molecular complexity index is 549. The molecular weight excluding hydrogens is 242 g/mol. The van der Waals surface area contributed by atoms with Crippen molar-refractivity contribution in [1.29, 1.82) is 0 Å². The number of halogens is 2. The molecule has 17 heavy (non-hydrogen) atoms. The Kier molecular flexibility index (Phi) is 3.22. The van der Waals surface area contributed by atoms with Crippen LogP contribution in [0.2, 0.25) is 0 Å². The third-order valence-electron chi connectivity index (χ3n) is 2.41. The van der Waals surface area contributed by atoms with Crippen LogP contribution in [0, 0.1) is 18.6 Å². The summed E-state index contributed by atoms with van der Waals surface area (Å²) in [6, 6.07) is 3.34. The second kappa shape index (κ2) is 4.50.